The first-order chi connectivity index (χ1) is 14.0. The summed E-state index contributed by atoms with van der Waals surface area (Å²) < 4.78 is 35.7. The molecule has 9 heteroatoms. The summed E-state index contributed by atoms with van der Waals surface area (Å²) in [4.78, 5) is 16.2. The second-order valence-electron chi connectivity index (χ2n) is 5.57. The van der Waals surface area contributed by atoms with Crippen molar-refractivity contribution >= 4 is 46.1 Å². The van der Waals surface area contributed by atoms with Crippen molar-refractivity contribution in [3.8, 4) is 11.1 Å². The molecule has 2 heterocycles. The second kappa shape index (κ2) is 9.02. The van der Waals surface area contributed by atoms with E-state index in [1.165, 1.54) is 18.3 Å². The zero-order chi connectivity index (χ0) is 21.0. The van der Waals surface area contributed by atoms with Crippen LogP contribution < -0.4 is 5.32 Å². The molecule has 29 heavy (non-hydrogen) atoms. The number of nitrogens with zero attached hydrogens (tertiary/aromatic N) is 3. The summed E-state index contributed by atoms with van der Waals surface area (Å²) in [6.45, 7) is 4.00. The normalized spacial score (nSPS) is 10.4. The fraction of sp³-hybridized carbons (Fsp3) is 0.100. The van der Waals surface area contributed by atoms with Crippen molar-refractivity contribution < 1.29 is 13.6 Å². The van der Waals surface area contributed by atoms with Gasteiger partial charge in [-0.2, -0.15) is 8.75 Å². The zero-order valence-electron chi connectivity index (χ0n) is 15.4. The maximum Gasteiger partial charge on any atom is 0.262 e. The highest BCUT2D eigenvalue weighted by Gasteiger charge is 2.17. The number of carbonyl (C=O) groups excluding carboxylic acids is 1. The number of hydrogen-bond acceptors (Lipinski definition) is 5. The van der Waals surface area contributed by atoms with Gasteiger partial charge in [0.05, 0.1) is 16.8 Å². The summed E-state index contributed by atoms with van der Waals surface area (Å²) >= 11 is 7.38. The van der Waals surface area contributed by atoms with E-state index in [1.807, 2.05) is 13.8 Å². The Labute approximate surface area is 174 Å². The summed E-state index contributed by atoms with van der Waals surface area (Å²) in [5, 5.41) is 2.86. The predicted octanol–water partition coefficient (Wildman–Crippen LogP) is 5.96. The summed E-state index contributed by atoms with van der Waals surface area (Å²) in [7, 11) is 0. The van der Waals surface area contributed by atoms with Crippen LogP contribution in [0.1, 0.15) is 24.2 Å². The van der Waals surface area contributed by atoms with Crippen LogP contribution in [0.3, 0.4) is 0 Å². The van der Waals surface area contributed by atoms with Gasteiger partial charge in [0.25, 0.3) is 5.91 Å². The van der Waals surface area contributed by atoms with Crippen molar-refractivity contribution in [3.63, 3.8) is 0 Å². The van der Waals surface area contributed by atoms with Gasteiger partial charge in [-0.1, -0.05) is 31.5 Å². The molecule has 0 fully saturated rings. The van der Waals surface area contributed by atoms with E-state index in [2.05, 4.69) is 19.0 Å². The van der Waals surface area contributed by atoms with Crippen molar-refractivity contribution in [3.05, 3.63) is 70.9 Å². The van der Waals surface area contributed by atoms with Gasteiger partial charge >= 0.3 is 0 Å². The molecule has 4 rings (SSSR count). The molecule has 0 saturated carbocycles. The number of pyridine rings is 1. The minimum Gasteiger partial charge on any atom is -0.306 e. The van der Waals surface area contributed by atoms with Crippen LogP contribution in [0.4, 0.5) is 14.6 Å². The van der Waals surface area contributed by atoms with Gasteiger partial charge in [0.1, 0.15) is 34.0 Å². The monoisotopic (exact) mass is 432 g/mol. The minimum atomic E-state index is -0.943. The maximum atomic E-state index is 13.7. The van der Waals surface area contributed by atoms with Gasteiger partial charge in [-0.3, -0.25) is 4.79 Å². The average molecular weight is 433 g/mol. The Morgan fingerprint density at radius 3 is 2.31 bits per heavy atom. The summed E-state index contributed by atoms with van der Waals surface area (Å²) in [6.07, 6.45) is 1.50. The fourth-order valence-corrected chi connectivity index (χ4v) is 3.32. The average Bonchev–Trinajstić information content (AvgIpc) is 3.16. The van der Waals surface area contributed by atoms with Gasteiger partial charge in [-0.25, -0.2) is 13.8 Å². The highest BCUT2D eigenvalue weighted by atomic mass is 35.5. The summed E-state index contributed by atoms with van der Waals surface area (Å²) in [5.74, 6) is -2.65. The fourth-order valence-electron chi connectivity index (χ4n) is 2.55. The van der Waals surface area contributed by atoms with Gasteiger partial charge in [-0.15, -0.1) is 0 Å². The SMILES string of the molecule is CC.O=C(Nc1ccc(-c2cc3nsnc3cc2Cl)cn1)c1c(F)cccc1F. The van der Waals surface area contributed by atoms with Crippen molar-refractivity contribution in [2.45, 2.75) is 13.8 Å². The largest absolute Gasteiger partial charge is 0.306 e. The van der Waals surface area contributed by atoms with Crippen LogP contribution in [0.15, 0.2) is 48.7 Å². The lowest BCUT2D eigenvalue weighted by atomic mass is 10.1. The molecule has 0 atom stereocenters. The maximum absolute atomic E-state index is 13.7. The van der Waals surface area contributed by atoms with E-state index >= 15 is 0 Å². The number of carbonyl (C=O) groups is 1. The molecule has 2 aromatic carbocycles. The van der Waals surface area contributed by atoms with Crippen LogP contribution in [0.25, 0.3) is 22.2 Å². The quantitative estimate of drug-likeness (QED) is 0.433. The molecule has 0 aliphatic carbocycles. The van der Waals surface area contributed by atoms with Crippen LogP contribution >= 0.6 is 23.3 Å². The molecule has 148 valence electrons. The van der Waals surface area contributed by atoms with E-state index < -0.39 is 23.1 Å². The number of hydrogen-bond donors (Lipinski definition) is 1. The number of fused-ring (bicyclic) bond motifs is 1. The number of rotatable bonds is 3. The summed E-state index contributed by atoms with van der Waals surface area (Å²) in [5.41, 5.74) is 2.17. The molecule has 0 radical (unpaired) electrons. The Kier molecular flexibility index (Phi) is 6.46. The third-order valence-corrected chi connectivity index (χ3v) is 4.72. The van der Waals surface area contributed by atoms with Crippen molar-refractivity contribution in [1.82, 2.24) is 13.7 Å². The standard InChI is InChI=1S/C18H9ClF2N4OS.C2H6/c19-11-7-15-14(24-27-25-15)6-10(11)9-4-5-16(22-8-9)23-18(26)17-12(20)2-1-3-13(17)21;1-2/h1-8H,(H,22,23,26);1-2H3. The van der Waals surface area contributed by atoms with Gasteiger partial charge < -0.3 is 5.32 Å². The Hall–Kier alpha value is -2.97. The van der Waals surface area contributed by atoms with Crippen molar-refractivity contribution in [2.75, 3.05) is 5.32 Å². The molecular formula is C20H15ClF2N4OS. The van der Waals surface area contributed by atoms with Gasteiger partial charge in [0, 0.05) is 17.3 Å². The molecule has 1 N–H and O–H groups in total. The van der Waals surface area contributed by atoms with Crippen molar-refractivity contribution in [2.24, 2.45) is 0 Å². The van der Waals surface area contributed by atoms with E-state index in [0.717, 1.165) is 23.9 Å². The summed E-state index contributed by atoms with van der Waals surface area (Å²) in [6, 6.07) is 9.93. The van der Waals surface area contributed by atoms with Crippen LogP contribution in [0.2, 0.25) is 5.02 Å². The number of nitrogens with one attached hydrogen (secondary N) is 1. The molecule has 0 spiro atoms. The Morgan fingerprint density at radius 2 is 1.69 bits per heavy atom. The smallest absolute Gasteiger partial charge is 0.262 e. The first-order valence-electron chi connectivity index (χ1n) is 8.66. The van der Waals surface area contributed by atoms with Crippen LogP contribution in [0, 0.1) is 11.6 Å². The Bertz CT molecular complexity index is 1140. The number of benzene rings is 2. The van der Waals surface area contributed by atoms with E-state index in [1.54, 1.807) is 18.2 Å². The van der Waals surface area contributed by atoms with Crippen LogP contribution in [-0.4, -0.2) is 19.6 Å². The highest BCUT2D eigenvalue weighted by Crippen LogP contribution is 2.31. The van der Waals surface area contributed by atoms with Crippen LogP contribution in [-0.2, 0) is 0 Å². The van der Waals surface area contributed by atoms with Gasteiger partial charge in [0.15, 0.2) is 0 Å². The van der Waals surface area contributed by atoms with Crippen LogP contribution in [0.5, 0.6) is 0 Å². The number of aromatic nitrogens is 3. The first-order valence-corrected chi connectivity index (χ1v) is 9.77. The molecular weight excluding hydrogens is 418 g/mol. The van der Waals surface area contributed by atoms with Gasteiger partial charge in [0.2, 0.25) is 0 Å². The van der Waals surface area contributed by atoms with E-state index in [-0.39, 0.29) is 5.82 Å². The van der Waals surface area contributed by atoms with Gasteiger partial charge in [-0.05, 0) is 36.4 Å². The molecule has 0 unspecified atom stereocenters. The molecule has 1 amide bonds. The van der Waals surface area contributed by atoms with Crippen molar-refractivity contribution in [1.29, 1.82) is 0 Å². The topological polar surface area (TPSA) is 67.8 Å². The first kappa shape index (κ1) is 20.8. The molecule has 4 aromatic rings. The minimum absolute atomic E-state index is 0.152. The molecule has 2 aromatic heterocycles. The van der Waals surface area contributed by atoms with E-state index in [0.29, 0.717) is 27.2 Å². The Morgan fingerprint density at radius 1 is 1.03 bits per heavy atom. The van der Waals surface area contributed by atoms with E-state index in [4.69, 9.17) is 11.6 Å². The molecule has 0 aliphatic heterocycles. The lowest BCUT2D eigenvalue weighted by Crippen LogP contribution is -2.16. The molecule has 0 bridgehead atoms. The number of amides is 1. The Balaban J connectivity index is 0.00000117. The lowest BCUT2D eigenvalue weighted by Gasteiger charge is -2.08. The zero-order valence-corrected chi connectivity index (χ0v) is 17.0. The number of halogens is 3. The lowest BCUT2D eigenvalue weighted by molar-refractivity contribution is 0.101. The molecule has 0 aliphatic rings. The van der Waals surface area contributed by atoms with E-state index in [9.17, 15) is 13.6 Å². The third-order valence-electron chi connectivity index (χ3n) is 3.85. The highest BCUT2D eigenvalue weighted by molar-refractivity contribution is 7.00. The third kappa shape index (κ3) is 4.38. The number of anilines is 1. The molecule has 5 nitrogen and oxygen atoms in total. The second-order valence-corrected chi connectivity index (χ2v) is 6.50. The predicted molar refractivity (Wildman–Crippen MR) is 111 cm³/mol. The molecule has 0 saturated heterocycles.